The van der Waals surface area contributed by atoms with E-state index in [4.69, 9.17) is 24.4 Å². The zero-order chi connectivity index (χ0) is 16.8. The minimum Gasteiger partial charge on any atom is -0.358 e. The number of aromatic amines is 2. The van der Waals surface area contributed by atoms with Crippen LogP contribution in [0.5, 0.6) is 0 Å². The summed E-state index contributed by atoms with van der Waals surface area (Å²) in [7, 11) is 0. The molecule has 0 bridgehead atoms. The van der Waals surface area contributed by atoms with E-state index in [1.165, 1.54) is 25.3 Å². The van der Waals surface area contributed by atoms with E-state index in [0.717, 1.165) is 6.42 Å². The number of rotatable bonds is 3. The maximum atomic E-state index is 11.9. The molecule has 7 nitrogen and oxygen atoms in total. The first-order chi connectivity index (χ1) is 10.9. The molecule has 0 spiro atoms. The van der Waals surface area contributed by atoms with Crippen molar-refractivity contribution >= 4 is 35.5 Å². The monoisotopic (exact) mass is 355 g/mol. The SMILES string of the molecule is C[C@@H]1CCCC[C@H]1NC(=S)NNC(=O)Cc1cc(=O)[nH]c(=S)[nH]1. The molecule has 1 aliphatic carbocycles. The molecule has 9 heteroatoms. The van der Waals surface area contributed by atoms with Gasteiger partial charge in [0.25, 0.3) is 5.56 Å². The smallest absolute Gasteiger partial charge is 0.251 e. The Labute approximate surface area is 144 Å². The number of hydrogen-bond acceptors (Lipinski definition) is 4. The molecule has 0 aliphatic heterocycles. The van der Waals surface area contributed by atoms with Gasteiger partial charge >= 0.3 is 0 Å². The maximum absolute atomic E-state index is 11.9. The van der Waals surface area contributed by atoms with Gasteiger partial charge in [0.1, 0.15) is 0 Å². The molecule has 0 radical (unpaired) electrons. The van der Waals surface area contributed by atoms with Crippen LogP contribution in [-0.2, 0) is 11.2 Å². The Hall–Kier alpha value is -1.74. The number of aromatic nitrogens is 2. The standard InChI is InChI=1S/C14H21N5O2S2/c1-8-4-2-3-5-10(8)16-14(23)19-18-12(21)7-9-6-11(20)17-13(22)15-9/h6,8,10H,2-5,7H2,1H3,(H,18,21)(H2,16,19,23)(H2,15,17,20,22)/t8-,10-/m1/s1. The Morgan fingerprint density at radius 1 is 1.30 bits per heavy atom. The van der Waals surface area contributed by atoms with Gasteiger partial charge in [0, 0.05) is 17.8 Å². The first-order valence-electron chi connectivity index (χ1n) is 7.62. The van der Waals surface area contributed by atoms with Crippen LogP contribution in [-0.4, -0.2) is 27.0 Å². The number of H-pyrrole nitrogens is 2. The third-order valence-corrected chi connectivity index (χ3v) is 4.33. The Bertz CT molecular complexity index is 656. The Kier molecular flexibility index (Phi) is 6.28. The lowest BCUT2D eigenvalue weighted by Gasteiger charge is -2.30. The molecule has 2 rings (SSSR count). The fraction of sp³-hybridized carbons (Fsp3) is 0.571. The number of carbonyl (C=O) groups is 1. The normalized spacial score (nSPS) is 20.6. The summed E-state index contributed by atoms with van der Waals surface area (Å²) >= 11 is 10.1. The number of hydrazine groups is 1. The van der Waals surface area contributed by atoms with Gasteiger partial charge in [-0.2, -0.15) is 0 Å². The van der Waals surface area contributed by atoms with Gasteiger partial charge in [0.15, 0.2) is 9.88 Å². The Morgan fingerprint density at radius 2 is 2.04 bits per heavy atom. The van der Waals surface area contributed by atoms with Crippen molar-refractivity contribution in [2.75, 3.05) is 0 Å². The lowest BCUT2D eigenvalue weighted by molar-refractivity contribution is -0.121. The van der Waals surface area contributed by atoms with Crippen LogP contribution < -0.4 is 21.7 Å². The maximum Gasteiger partial charge on any atom is 0.251 e. The number of carbonyl (C=O) groups excluding carboxylic acids is 1. The van der Waals surface area contributed by atoms with Crippen LogP contribution >= 0.6 is 24.4 Å². The summed E-state index contributed by atoms with van der Waals surface area (Å²) in [4.78, 5) is 28.3. The molecular weight excluding hydrogens is 334 g/mol. The highest BCUT2D eigenvalue weighted by Gasteiger charge is 2.21. The van der Waals surface area contributed by atoms with Gasteiger partial charge in [-0.05, 0) is 43.2 Å². The van der Waals surface area contributed by atoms with E-state index in [0.29, 0.717) is 22.8 Å². The zero-order valence-corrected chi connectivity index (χ0v) is 14.5. The van der Waals surface area contributed by atoms with E-state index in [1.807, 2.05) is 0 Å². The lowest BCUT2D eigenvalue weighted by atomic mass is 9.86. The van der Waals surface area contributed by atoms with Gasteiger partial charge < -0.3 is 10.3 Å². The second kappa shape index (κ2) is 8.21. The minimum atomic E-state index is -0.340. The summed E-state index contributed by atoms with van der Waals surface area (Å²) in [6.45, 7) is 2.20. The van der Waals surface area contributed by atoms with Gasteiger partial charge in [-0.15, -0.1) is 0 Å². The zero-order valence-electron chi connectivity index (χ0n) is 12.9. The molecule has 23 heavy (non-hydrogen) atoms. The third-order valence-electron chi connectivity index (χ3n) is 3.91. The van der Waals surface area contributed by atoms with Crippen LogP contribution in [0.4, 0.5) is 0 Å². The number of nitrogens with one attached hydrogen (secondary N) is 5. The molecule has 1 amide bonds. The van der Waals surface area contributed by atoms with E-state index >= 15 is 0 Å². The van der Waals surface area contributed by atoms with Crippen molar-refractivity contribution < 1.29 is 4.79 Å². The van der Waals surface area contributed by atoms with E-state index in [9.17, 15) is 9.59 Å². The van der Waals surface area contributed by atoms with Crippen LogP contribution in [0, 0.1) is 10.7 Å². The van der Waals surface area contributed by atoms with Crippen molar-refractivity contribution in [2.24, 2.45) is 5.92 Å². The molecule has 2 atom stereocenters. The molecular formula is C14H21N5O2S2. The van der Waals surface area contributed by atoms with E-state index in [1.54, 1.807) is 0 Å². The highest BCUT2D eigenvalue weighted by Crippen LogP contribution is 2.23. The van der Waals surface area contributed by atoms with Crippen molar-refractivity contribution in [1.29, 1.82) is 0 Å². The fourth-order valence-electron chi connectivity index (χ4n) is 2.69. The quantitative estimate of drug-likeness (QED) is 0.410. The second-order valence-electron chi connectivity index (χ2n) is 5.80. The summed E-state index contributed by atoms with van der Waals surface area (Å²) in [5.41, 5.74) is 5.31. The molecule has 126 valence electrons. The summed E-state index contributed by atoms with van der Waals surface area (Å²) < 4.78 is 0.191. The van der Waals surface area contributed by atoms with E-state index in [2.05, 4.69) is 33.1 Å². The van der Waals surface area contributed by atoms with Gasteiger partial charge in [-0.1, -0.05) is 19.8 Å². The third kappa shape index (κ3) is 5.76. The van der Waals surface area contributed by atoms with E-state index in [-0.39, 0.29) is 22.7 Å². The summed E-state index contributed by atoms with van der Waals surface area (Å²) in [6.07, 6.45) is 4.73. The van der Waals surface area contributed by atoms with Crippen molar-refractivity contribution in [1.82, 2.24) is 26.1 Å². The Morgan fingerprint density at radius 3 is 2.74 bits per heavy atom. The number of hydrogen-bond donors (Lipinski definition) is 5. The molecule has 1 aliphatic rings. The predicted octanol–water partition coefficient (Wildman–Crippen LogP) is 1.05. The van der Waals surface area contributed by atoms with Gasteiger partial charge in [0.05, 0.1) is 6.42 Å². The topological polar surface area (TPSA) is 102 Å². The highest BCUT2D eigenvalue weighted by atomic mass is 32.1. The van der Waals surface area contributed by atoms with Crippen molar-refractivity contribution in [3.8, 4) is 0 Å². The number of thiocarbonyl (C=S) groups is 1. The molecule has 1 fully saturated rings. The summed E-state index contributed by atoms with van der Waals surface area (Å²) in [5.74, 6) is 0.248. The van der Waals surface area contributed by atoms with Crippen LogP contribution in [0.1, 0.15) is 38.3 Å². The van der Waals surface area contributed by atoms with Gasteiger partial charge in [-0.25, -0.2) is 0 Å². The first-order valence-corrected chi connectivity index (χ1v) is 8.43. The highest BCUT2D eigenvalue weighted by molar-refractivity contribution is 7.80. The molecule has 1 aromatic rings. The first kappa shape index (κ1) is 17.6. The molecule has 0 unspecified atom stereocenters. The molecule has 1 heterocycles. The van der Waals surface area contributed by atoms with Crippen LogP contribution in [0.15, 0.2) is 10.9 Å². The van der Waals surface area contributed by atoms with Gasteiger partial charge in [0.2, 0.25) is 5.91 Å². The molecule has 0 saturated heterocycles. The van der Waals surface area contributed by atoms with Crippen LogP contribution in [0.2, 0.25) is 0 Å². The summed E-state index contributed by atoms with van der Waals surface area (Å²) in [5, 5.41) is 3.63. The second-order valence-corrected chi connectivity index (χ2v) is 6.62. The average Bonchev–Trinajstić information content (AvgIpc) is 2.46. The minimum absolute atomic E-state index is 0.00298. The fourth-order valence-corrected chi connectivity index (χ4v) is 3.13. The van der Waals surface area contributed by atoms with E-state index < -0.39 is 0 Å². The number of amides is 1. The molecule has 5 N–H and O–H groups in total. The summed E-state index contributed by atoms with van der Waals surface area (Å²) in [6, 6.07) is 1.64. The van der Waals surface area contributed by atoms with Crippen LogP contribution in [0.25, 0.3) is 0 Å². The van der Waals surface area contributed by atoms with Crippen molar-refractivity contribution in [3.63, 3.8) is 0 Å². The molecule has 1 aromatic heterocycles. The molecule has 1 saturated carbocycles. The van der Waals surface area contributed by atoms with Gasteiger partial charge in [-0.3, -0.25) is 25.4 Å². The average molecular weight is 355 g/mol. The molecule has 0 aromatic carbocycles. The lowest BCUT2D eigenvalue weighted by Crippen LogP contribution is -2.52. The van der Waals surface area contributed by atoms with Crippen molar-refractivity contribution in [3.05, 3.63) is 26.9 Å². The largest absolute Gasteiger partial charge is 0.358 e. The van der Waals surface area contributed by atoms with Crippen LogP contribution in [0.3, 0.4) is 0 Å². The Balaban J connectivity index is 1.78. The van der Waals surface area contributed by atoms with Crippen molar-refractivity contribution in [2.45, 2.75) is 45.1 Å². The predicted molar refractivity (Wildman–Crippen MR) is 94.4 cm³/mol.